The summed E-state index contributed by atoms with van der Waals surface area (Å²) in [4.78, 5) is 13.6. The van der Waals surface area contributed by atoms with Crippen LogP contribution in [0.5, 0.6) is 0 Å². The molecule has 2 unspecified atom stereocenters. The van der Waals surface area contributed by atoms with Crippen molar-refractivity contribution >= 4 is 5.91 Å². The topological polar surface area (TPSA) is 20.3 Å². The molecule has 0 aliphatic carbocycles. The van der Waals surface area contributed by atoms with E-state index in [9.17, 15) is 4.79 Å². The van der Waals surface area contributed by atoms with E-state index < -0.39 is 0 Å². The van der Waals surface area contributed by atoms with Gasteiger partial charge >= 0.3 is 0 Å². The first-order valence-electron chi connectivity index (χ1n) is 4.66. The van der Waals surface area contributed by atoms with Gasteiger partial charge in [0.2, 0.25) is 5.91 Å². The highest BCUT2D eigenvalue weighted by Gasteiger charge is 2.39. The van der Waals surface area contributed by atoms with E-state index in [4.69, 9.17) is 0 Å². The minimum atomic E-state index is -0.0126. The van der Waals surface area contributed by atoms with Crippen molar-refractivity contribution in [2.45, 2.75) is 52.6 Å². The normalized spacial score (nSPS) is 31.4. The second kappa shape index (κ2) is 2.75. The van der Waals surface area contributed by atoms with Crippen molar-refractivity contribution in [1.82, 2.24) is 4.90 Å². The molecule has 0 bridgehead atoms. The van der Waals surface area contributed by atoms with Gasteiger partial charge in [0.05, 0.1) is 0 Å². The Morgan fingerprint density at radius 2 is 1.83 bits per heavy atom. The summed E-state index contributed by atoms with van der Waals surface area (Å²) >= 11 is 0. The highest BCUT2D eigenvalue weighted by Crippen LogP contribution is 2.31. The Bertz CT molecular complexity index is 193. The molecule has 1 fully saturated rings. The lowest BCUT2D eigenvalue weighted by molar-refractivity contribution is -0.133. The molecule has 1 saturated heterocycles. The van der Waals surface area contributed by atoms with E-state index in [1.54, 1.807) is 0 Å². The van der Waals surface area contributed by atoms with Gasteiger partial charge in [-0.2, -0.15) is 0 Å². The van der Waals surface area contributed by atoms with Crippen LogP contribution in [0.3, 0.4) is 0 Å². The fraction of sp³-hybridized carbons (Fsp3) is 0.900. The molecular formula is C10H19NO. The summed E-state index contributed by atoms with van der Waals surface area (Å²) in [6.07, 6.45) is 0.721. The lowest BCUT2D eigenvalue weighted by atomic mass is 10.0. The maximum absolute atomic E-state index is 11.6. The molecule has 2 heteroatoms. The largest absolute Gasteiger partial charge is 0.335 e. The Labute approximate surface area is 74.9 Å². The number of amides is 1. The van der Waals surface area contributed by atoms with E-state index in [0.717, 1.165) is 6.42 Å². The quantitative estimate of drug-likeness (QED) is 0.543. The monoisotopic (exact) mass is 169 g/mol. The van der Waals surface area contributed by atoms with E-state index in [2.05, 4.69) is 34.6 Å². The molecule has 2 atom stereocenters. The Morgan fingerprint density at radius 3 is 2.00 bits per heavy atom. The van der Waals surface area contributed by atoms with E-state index in [0.29, 0.717) is 17.9 Å². The van der Waals surface area contributed by atoms with Crippen molar-refractivity contribution in [2.24, 2.45) is 5.92 Å². The predicted molar refractivity (Wildman–Crippen MR) is 49.8 cm³/mol. The number of rotatable bonds is 0. The van der Waals surface area contributed by atoms with Crippen LogP contribution in [0, 0.1) is 5.92 Å². The highest BCUT2D eigenvalue weighted by molar-refractivity contribution is 5.79. The van der Waals surface area contributed by atoms with Gasteiger partial charge in [0.1, 0.15) is 0 Å². The van der Waals surface area contributed by atoms with Gasteiger partial charge in [0, 0.05) is 18.0 Å². The second-order valence-electron chi connectivity index (χ2n) is 4.86. The molecule has 0 saturated carbocycles. The second-order valence-corrected chi connectivity index (χ2v) is 4.86. The molecule has 1 rings (SSSR count). The van der Waals surface area contributed by atoms with Crippen molar-refractivity contribution in [2.75, 3.05) is 0 Å². The molecule has 70 valence electrons. The maximum Gasteiger partial charge on any atom is 0.223 e. The number of nitrogens with zero attached hydrogens (tertiary/aromatic N) is 1. The summed E-state index contributed by atoms with van der Waals surface area (Å²) in [5.74, 6) is 0.819. The fourth-order valence-corrected chi connectivity index (χ4v) is 2.01. The Kier molecular flexibility index (Phi) is 2.19. The molecule has 1 aliphatic rings. The average molecular weight is 169 g/mol. The summed E-state index contributed by atoms with van der Waals surface area (Å²) in [6.45, 7) is 10.6. The first-order valence-corrected chi connectivity index (χ1v) is 4.66. The average Bonchev–Trinajstić information content (AvgIpc) is 2.05. The third kappa shape index (κ3) is 1.47. The van der Waals surface area contributed by atoms with Crippen LogP contribution in [0.25, 0.3) is 0 Å². The molecule has 0 aromatic rings. The Hall–Kier alpha value is -0.530. The number of hydrogen-bond donors (Lipinski definition) is 0. The molecule has 1 aliphatic heterocycles. The van der Waals surface area contributed by atoms with E-state index in [1.165, 1.54) is 0 Å². The van der Waals surface area contributed by atoms with E-state index >= 15 is 0 Å². The minimum Gasteiger partial charge on any atom is -0.335 e. The van der Waals surface area contributed by atoms with Gasteiger partial charge in [-0.15, -0.1) is 0 Å². The van der Waals surface area contributed by atoms with Crippen LogP contribution >= 0.6 is 0 Å². The zero-order valence-corrected chi connectivity index (χ0v) is 8.72. The zero-order chi connectivity index (χ0) is 9.52. The van der Waals surface area contributed by atoms with Gasteiger partial charge in [-0.3, -0.25) is 4.79 Å². The summed E-state index contributed by atoms with van der Waals surface area (Å²) < 4.78 is 0. The smallest absolute Gasteiger partial charge is 0.223 e. The van der Waals surface area contributed by atoms with Crippen LogP contribution in [-0.4, -0.2) is 22.4 Å². The van der Waals surface area contributed by atoms with Crippen LogP contribution in [0.2, 0.25) is 0 Å². The molecule has 12 heavy (non-hydrogen) atoms. The van der Waals surface area contributed by atoms with Gasteiger partial charge in [0.25, 0.3) is 0 Å². The Balaban J connectivity index is 2.84. The number of likely N-dealkylation sites (tertiary alicyclic amines) is 1. The van der Waals surface area contributed by atoms with Crippen LogP contribution < -0.4 is 0 Å². The van der Waals surface area contributed by atoms with Crippen molar-refractivity contribution in [3.05, 3.63) is 0 Å². The molecule has 1 heterocycles. The summed E-state index contributed by atoms with van der Waals surface area (Å²) in [5.41, 5.74) is -0.0126. The van der Waals surface area contributed by atoms with Crippen LogP contribution in [-0.2, 0) is 4.79 Å². The molecule has 0 N–H and O–H groups in total. The predicted octanol–water partition coefficient (Wildman–Crippen LogP) is 2.04. The fourth-order valence-electron chi connectivity index (χ4n) is 2.01. The number of carbonyl (C=O) groups excluding carboxylic acids is 1. The van der Waals surface area contributed by atoms with Crippen molar-refractivity contribution in [3.63, 3.8) is 0 Å². The van der Waals surface area contributed by atoms with E-state index in [1.807, 2.05) is 4.90 Å². The molecule has 1 amide bonds. The van der Waals surface area contributed by atoms with Gasteiger partial charge in [-0.25, -0.2) is 0 Å². The summed E-state index contributed by atoms with van der Waals surface area (Å²) in [6, 6.07) is 0.400. The third-order valence-corrected chi connectivity index (χ3v) is 2.72. The molecule has 0 radical (unpaired) electrons. The van der Waals surface area contributed by atoms with Gasteiger partial charge in [0.15, 0.2) is 0 Å². The molecule has 0 aromatic heterocycles. The van der Waals surface area contributed by atoms with Crippen molar-refractivity contribution in [1.29, 1.82) is 0 Å². The van der Waals surface area contributed by atoms with Crippen LogP contribution in [0.4, 0.5) is 0 Å². The highest BCUT2D eigenvalue weighted by atomic mass is 16.2. The van der Waals surface area contributed by atoms with Crippen LogP contribution in [0.15, 0.2) is 0 Å². The SMILES string of the molecule is CC1CC(=O)N(C(C)(C)C)C1C. The summed E-state index contributed by atoms with van der Waals surface area (Å²) in [5, 5.41) is 0. The molecular weight excluding hydrogens is 150 g/mol. The minimum absolute atomic E-state index is 0.0126. The van der Waals surface area contributed by atoms with Crippen LogP contribution in [0.1, 0.15) is 41.0 Å². The standard InChI is InChI=1S/C10H19NO/c1-7-6-9(12)11(8(7)2)10(3,4)5/h7-8H,6H2,1-5H3. The molecule has 0 aromatic carbocycles. The maximum atomic E-state index is 11.6. The van der Waals surface area contributed by atoms with Crippen molar-refractivity contribution in [3.8, 4) is 0 Å². The van der Waals surface area contributed by atoms with Crippen molar-refractivity contribution < 1.29 is 4.79 Å². The lowest BCUT2D eigenvalue weighted by Crippen LogP contribution is -2.46. The number of hydrogen-bond acceptors (Lipinski definition) is 1. The first kappa shape index (κ1) is 9.56. The van der Waals surface area contributed by atoms with E-state index in [-0.39, 0.29) is 5.54 Å². The lowest BCUT2D eigenvalue weighted by Gasteiger charge is -2.36. The van der Waals surface area contributed by atoms with Gasteiger partial charge in [-0.05, 0) is 33.6 Å². The van der Waals surface area contributed by atoms with Gasteiger partial charge < -0.3 is 4.90 Å². The Morgan fingerprint density at radius 1 is 1.33 bits per heavy atom. The first-order chi connectivity index (χ1) is 5.34. The molecule has 2 nitrogen and oxygen atoms in total. The molecule has 0 spiro atoms. The third-order valence-electron chi connectivity index (χ3n) is 2.72. The van der Waals surface area contributed by atoms with Gasteiger partial charge in [-0.1, -0.05) is 6.92 Å². The number of carbonyl (C=O) groups is 1. The summed E-state index contributed by atoms with van der Waals surface area (Å²) in [7, 11) is 0. The zero-order valence-electron chi connectivity index (χ0n) is 8.72.